The highest BCUT2D eigenvalue weighted by molar-refractivity contribution is 5.83. The summed E-state index contributed by atoms with van der Waals surface area (Å²) in [6.45, 7) is 4.11. The van der Waals surface area contributed by atoms with Crippen LogP contribution >= 0.6 is 0 Å². The molecule has 2 aliphatic heterocycles. The van der Waals surface area contributed by atoms with Gasteiger partial charge in [-0.15, -0.1) is 0 Å². The van der Waals surface area contributed by atoms with Crippen LogP contribution in [0.5, 0.6) is 0 Å². The number of nitrogens with zero attached hydrogens (tertiary/aromatic N) is 1. The maximum Gasteiger partial charge on any atom is 0.255 e. The Morgan fingerprint density at radius 2 is 1.62 bits per heavy atom. The van der Waals surface area contributed by atoms with E-state index in [9.17, 15) is 9.90 Å². The summed E-state index contributed by atoms with van der Waals surface area (Å²) in [5.74, 6) is -1.06. The number of aliphatic hydroxyl groups excluding tert-OH is 1. The number of fused-ring (bicyclic) bond motifs is 1. The smallest absolute Gasteiger partial charge is 0.255 e. The van der Waals surface area contributed by atoms with Crippen LogP contribution in [0, 0.1) is 0 Å². The first-order valence-corrected chi connectivity index (χ1v) is 9.95. The van der Waals surface area contributed by atoms with Crippen LogP contribution in [0.1, 0.15) is 25.0 Å². The highest BCUT2D eigenvalue weighted by atomic mass is 16.8. The van der Waals surface area contributed by atoms with Gasteiger partial charge in [-0.05, 0) is 25.0 Å². The molecule has 0 aliphatic carbocycles. The average molecular weight is 397 g/mol. The van der Waals surface area contributed by atoms with Crippen LogP contribution in [-0.4, -0.2) is 52.7 Å². The summed E-state index contributed by atoms with van der Waals surface area (Å²) in [5, 5.41) is 10.2. The van der Waals surface area contributed by atoms with Gasteiger partial charge >= 0.3 is 0 Å². The van der Waals surface area contributed by atoms with Crippen molar-refractivity contribution >= 4 is 5.91 Å². The molecule has 29 heavy (non-hydrogen) atoms. The fraction of sp³-hybridized carbons (Fsp3) is 0.435. The molecule has 0 bridgehead atoms. The molecule has 2 aliphatic rings. The van der Waals surface area contributed by atoms with E-state index in [1.807, 2.05) is 60.7 Å². The minimum absolute atomic E-state index is 0.178. The number of hydrogen-bond donors (Lipinski definition) is 1. The van der Waals surface area contributed by atoms with Crippen molar-refractivity contribution in [3.8, 4) is 0 Å². The van der Waals surface area contributed by atoms with Crippen LogP contribution < -0.4 is 0 Å². The summed E-state index contributed by atoms with van der Waals surface area (Å²) in [7, 11) is 0. The lowest BCUT2D eigenvalue weighted by Crippen LogP contribution is -2.64. The number of carbonyl (C=O) groups excluding carboxylic acids is 1. The van der Waals surface area contributed by atoms with Crippen molar-refractivity contribution in [3.05, 3.63) is 71.8 Å². The number of likely N-dealkylation sites (tertiary alicyclic amines) is 1. The second-order valence-electron chi connectivity index (χ2n) is 7.98. The molecule has 6 heteroatoms. The Morgan fingerprint density at radius 3 is 2.24 bits per heavy atom. The third-order valence-corrected chi connectivity index (χ3v) is 5.43. The number of rotatable bonds is 6. The monoisotopic (exact) mass is 397 g/mol. The van der Waals surface area contributed by atoms with E-state index in [1.54, 1.807) is 18.7 Å². The maximum atomic E-state index is 13.2. The Bertz CT molecular complexity index is 826. The van der Waals surface area contributed by atoms with Crippen LogP contribution in [0.4, 0.5) is 0 Å². The molecule has 0 saturated carbocycles. The topological polar surface area (TPSA) is 68.2 Å². The average Bonchev–Trinajstić information content (AvgIpc) is 3.06. The Balaban J connectivity index is 1.61. The Morgan fingerprint density at radius 1 is 1.00 bits per heavy atom. The van der Waals surface area contributed by atoms with Crippen molar-refractivity contribution < 1.29 is 24.1 Å². The van der Waals surface area contributed by atoms with Gasteiger partial charge in [-0.2, -0.15) is 0 Å². The molecule has 0 radical (unpaired) electrons. The molecule has 2 aromatic rings. The second-order valence-corrected chi connectivity index (χ2v) is 7.98. The number of carbonyl (C=O) groups is 1. The van der Waals surface area contributed by atoms with Crippen LogP contribution in [0.15, 0.2) is 60.7 Å². The zero-order chi connectivity index (χ0) is 20.4. The number of amides is 1. The van der Waals surface area contributed by atoms with E-state index in [0.29, 0.717) is 13.2 Å². The zero-order valence-electron chi connectivity index (χ0n) is 16.7. The molecule has 4 atom stereocenters. The first-order chi connectivity index (χ1) is 14.0. The van der Waals surface area contributed by atoms with Crippen molar-refractivity contribution in [2.75, 3.05) is 6.61 Å². The van der Waals surface area contributed by atoms with E-state index in [-0.39, 0.29) is 12.5 Å². The normalized spacial score (nSPS) is 28.4. The van der Waals surface area contributed by atoms with Gasteiger partial charge in [-0.3, -0.25) is 4.79 Å². The van der Waals surface area contributed by atoms with Crippen molar-refractivity contribution in [3.63, 3.8) is 0 Å². The molecule has 2 heterocycles. The highest BCUT2D eigenvalue weighted by Crippen LogP contribution is 2.38. The van der Waals surface area contributed by atoms with Gasteiger partial charge in [0, 0.05) is 6.54 Å². The first-order valence-electron chi connectivity index (χ1n) is 9.95. The molecule has 0 aromatic heterocycles. The predicted molar refractivity (Wildman–Crippen MR) is 107 cm³/mol. The number of ether oxygens (including phenoxy) is 3. The third kappa shape index (κ3) is 4.21. The molecule has 2 aromatic carbocycles. The highest BCUT2D eigenvalue weighted by Gasteiger charge is 2.57. The largest absolute Gasteiger partial charge is 0.394 e. The fourth-order valence-corrected chi connectivity index (χ4v) is 4.09. The van der Waals surface area contributed by atoms with Gasteiger partial charge in [0.15, 0.2) is 11.9 Å². The summed E-state index contributed by atoms with van der Waals surface area (Å²) < 4.78 is 18.2. The molecule has 4 rings (SSSR count). The van der Waals surface area contributed by atoms with Gasteiger partial charge in [-0.25, -0.2) is 0 Å². The lowest BCUT2D eigenvalue weighted by Gasteiger charge is -2.44. The Kier molecular flexibility index (Phi) is 5.69. The van der Waals surface area contributed by atoms with Gasteiger partial charge in [0.25, 0.3) is 5.91 Å². The molecule has 154 valence electrons. The molecular formula is C23H27NO5. The van der Waals surface area contributed by atoms with Gasteiger partial charge in [0.1, 0.15) is 12.2 Å². The Labute approximate surface area is 171 Å². The quantitative estimate of drug-likeness (QED) is 0.811. The molecule has 2 fully saturated rings. The van der Waals surface area contributed by atoms with E-state index in [1.165, 1.54) is 0 Å². The van der Waals surface area contributed by atoms with E-state index >= 15 is 0 Å². The minimum atomic E-state index is -0.887. The van der Waals surface area contributed by atoms with Crippen molar-refractivity contribution in [1.82, 2.24) is 4.90 Å². The summed E-state index contributed by atoms with van der Waals surface area (Å²) in [5.41, 5.74) is 2.00. The third-order valence-electron chi connectivity index (χ3n) is 5.43. The van der Waals surface area contributed by atoms with Gasteiger partial charge < -0.3 is 24.2 Å². The van der Waals surface area contributed by atoms with Crippen LogP contribution in [0.3, 0.4) is 0 Å². The lowest BCUT2D eigenvalue weighted by molar-refractivity contribution is -0.174. The van der Waals surface area contributed by atoms with Crippen LogP contribution in [0.2, 0.25) is 0 Å². The SMILES string of the molecule is CC1(C)O[C@@H]2[C@@H](OCc3ccccc3)[C@H](CO)N(Cc3ccccc3)C(=O)[C@@H]2O1. The molecule has 2 saturated heterocycles. The minimum Gasteiger partial charge on any atom is -0.394 e. The molecular weight excluding hydrogens is 370 g/mol. The second kappa shape index (κ2) is 8.24. The van der Waals surface area contributed by atoms with Crippen molar-refractivity contribution in [2.24, 2.45) is 0 Å². The summed E-state index contributed by atoms with van der Waals surface area (Å²) in [4.78, 5) is 14.9. The number of benzene rings is 2. The molecule has 0 spiro atoms. The summed E-state index contributed by atoms with van der Waals surface area (Å²) >= 11 is 0. The summed E-state index contributed by atoms with van der Waals surface area (Å²) in [6.07, 6.45) is -1.82. The molecule has 6 nitrogen and oxygen atoms in total. The van der Waals surface area contributed by atoms with Gasteiger partial charge in [0.2, 0.25) is 0 Å². The summed E-state index contributed by atoms with van der Waals surface area (Å²) in [6, 6.07) is 19.0. The lowest BCUT2D eigenvalue weighted by atomic mass is 9.92. The van der Waals surface area contributed by atoms with E-state index in [0.717, 1.165) is 11.1 Å². The predicted octanol–water partition coefficient (Wildman–Crippen LogP) is 2.50. The van der Waals surface area contributed by atoms with Crippen molar-refractivity contribution in [2.45, 2.75) is 57.1 Å². The zero-order valence-corrected chi connectivity index (χ0v) is 16.7. The Hall–Kier alpha value is -2.25. The van der Waals surface area contributed by atoms with Crippen LogP contribution in [0.25, 0.3) is 0 Å². The van der Waals surface area contributed by atoms with E-state index < -0.39 is 30.1 Å². The van der Waals surface area contributed by atoms with Gasteiger partial charge in [-0.1, -0.05) is 60.7 Å². The number of aliphatic hydroxyl groups is 1. The van der Waals surface area contributed by atoms with Gasteiger partial charge in [0.05, 0.1) is 19.3 Å². The van der Waals surface area contributed by atoms with E-state index in [2.05, 4.69) is 0 Å². The number of hydrogen-bond acceptors (Lipinski definition) is 5. The van der Waals surface area contributed by atoms with Crippen LogP contribution in [-0.2, 0) is 32.2 Å². The first kappa shape index (κ1) is 20.0. The number of piperidine rings is 1. The van der Waals surface area contributed by atoms with E-state index in [4.69, 9.17) is 14.2 Å². The standard InChI is InChI=1S/C23H27NO5/c1-23(2)28-20-19(27-15-17-11-7-4-8-12-17)18(14-25)24(22(26)21(20)29-23)13-16-9-5-3-6-10-16/h3-12,18-21,25H,13-15H2,1-2H3/t18-,19-,20+,21+/m0/s1. The maximum absolute atomic E-state index is 13.2. The molecule has 0 unspecified atom stereocenters. The van der Waals surface area contributed by atoms with Crippen molar-refractivity contribution in [1.29, 1.82) is 0 Å². The fourth-order valence-electron chi connectivity index (χ4n) is 4.09. The molecule has 1 amide bonds. The molecule has 1 N–H and O–H groups in total.